The zero-order valence-electron chi connectivity index (χ0n) is 15.9. The first-order valence-corrected chi connectivity index (χ1v) is 9.84. The number of benzene rings is 1. The third-order valence-corrected chi connectivity index (χ3v) is 5.42. The van der Waals surface area contributed by atoms with Crippen LogP contribution in [0.4, 0.5) is 0 Å². The lowest BCUT2D eigenvalue weighted by molar-refractivity contribution is 0.0743. The van der Waals surface area contributed by atoms with E-state index in [4.69, 9.17) is 0 Å². The summed E-state index contributed by atoms with van der Waals surface area (Å²) in [6.45, 7) is 7.43. The number of carbonyl (C=O) groups excluding carboxylic acids is 1. The number of nitrogens with zero attached hydrogens (tertiary/aromatic N) is 4. The minimum Gasteiger partial charge on any atom is -0.341 e. The van der Waals surface area contributed by atoms with E-state index in [-0.39, 0.29) is 5.91 Å². The Bertz CT molecular complexity index is 906. The molecule has 4 rings (SSSR count). The van der Waals surface area contributed by atoms with Crippen LogP contribution >= 0.6 is 0 Å². The van der Waals surface area contributed by atoms with Crippen LogP contribution in [-0.4, -0.2) is 63.2 Å². The van der Waals surface area contributed by atoms with Gasteiger partial charge in [-0.15, -0.1) is 0 Å². The van der Waals surface area contributed by atoms with Crippen LogP contribution in [0.5, 0.6) is 0 Å². The number of amides is 1. The number of rotatable bonds is 7. The van der Waals surface area contributed by atoms with Crippen molar-refractivity contribution in [3.63, 3.8) is 0 Å². The van der Waals surface area contributed by atoms with Crippen LogP contribution in [0.25, 0.3) is 10.9 Å². The molecule has 1 saturated heterocycles. The number of para-hydroxylation sites is 1. The van der Waals surface area contributed by atoms with Crippen LogP contribution < -0.4 is 0 Å². The van der Waals surface area contributed by atoms with Crippen LogP contribution in [0, 0.1) is 0 Å². The molecule has 1 N–H and O–H groups in total. The molecule has 142 valence electrons. The number of aromatic nitrogens is 3. The minimum absolute atomic E-state index is 0.0107. The van der Waals surface area contributed by atoms with Crippen molar-refractivity contribution in [1.82, 2.24) is 24.6 Å². The summed E-state index contributed by atoms with van der Waals surface area (Å²) < 4.78 is 2.17. The summed E-state index contributed by atoms with van der Waals surface area (Å²) in [6, 6.07) is 12.3. The van der Waals surface area contributed by atoms with E-state index in [1.54, 1.807) is 0 Å². The van der Waals surface area contributed by atoms with Crippen LogP contribution in [-0.2, 0) is 6.54 Å². The summed E-state index contributed by atoms with van der Waals surface area (Å²) >= 11 is 0. The number of nitrogens with one attached hydrogen (secondary N) is 1. The molecular formula is C21H27N5O. The number of hydrogen-bond donors (Lipinski definition) is 1. The molecular weight excluding hydrogens is 338 g/mol. The van der Waals surface area contributed by atoms with Gasteiger partial charge in [-0.05, 0) is 56.4 Å². The second-order valence-electron chi connectivity index (χ2n) is 7.21. The molecule has 3 aromatic rings. The maximum Gasteiger partial charge on any atom is 0.274 e. The number of aromatic amines is 1. The van der Waals surface area contributed by atoms with Gasteiger partial charge >= 0.3 is 0 Å². The Morgan fingerprint density at radius 1 is 1.22 bits per heavy atom. The zero-order chi connectivity index (χ0) is 18.6. The number of carbonyl (C=O) groups is 1. The van der Waals surface area contributed by atoms with E-state index in [1.165, 1.54) is 23.7 Å². The van der Waals surface area contributed by atoms with Crippen LogP contribution in [0.3, 0.4) is 0 Å². The summed E-state index contributed by atoms with van der Waals surface area (Å²) in [5.74, 6) is 0.0107. The highest BCUT2D eigenvalue weighted by Crippen LogP contribution is 2.17. The van der Waals surface area contributed by atoms with Gasteiger partial charge in [-0.1, -0.05) is 18.2 Å². The molecule has 0 bridgehead atoms. The highest BCUT2D eigenvalue weighted by molar-refractivity contribution is 5.92. The first kappa shape index (κ1) is 17.8. The van der Waals surface area contributed by atoms with Crippen molar-refractivity contribution in [2.45, 2.75) is 26.3 Å². The van der Waals surface area contributed by atoms with E-state index >= 15 is 0 Å². The number of likely N-dealkylation sites (N-methyl/N-ethyl adjacent to an activating group) is 1. The van der Waals surface area contributed by atoms with Gasteiger partial charge in [0.25, 0.3) is 5.91 Å². The fourth-order valence-corrected chi connectivity index (χ4v) is 3.85. The Balaban J connectivity index is 1.42. The molecule has 1 aromatic carbocycles. The molecule has 1 aliphatic heterocycles. The average molecular weight is 365 g/mol. The number of hydrogen-bond acceptors (Lipinski definition) is 3. The molecule has 1 aliphatic rings. The van der Waals surface area contributed by atoms with Crippen LogP contribution in [0.15, 0.2) is 42.6 Å². The monoisotopic (exact) mass is 365 g/mol. The third kappa shape index (κ3) is 3.90. The van der Waals surface area contributed by atoms with Gasteiger partial charge in [-0.25, -0.2) is 0 Å². The van der Waals surface area contributed by atoms with Crippen molar-refractivity contribution in [2.75, 3.05) is 32.7 Å². The lowest BCUT2D eigenvalue weighted by atomic mass is 10.2. The fraction of sp³-hybridized carbons (Fsp3) is 0.429. The summed E-state index contributed by atoms with van der Waals surface area (Å²) in [4.78, 5) is 17.2. The fourth-order valence-electron chi connectivity index (χ4n) is 3.85. The van der Waals surface area contributed by atoms with Crippen molar-refractivity contribution < 1.29 is 4.79 Å². The molecule has 6 nitrogen and oxygen atoms in total. The van der Waals surface area contributed by atoms with E-state index < -0.39 is 0 Å². The van der Waals surface area contributed by atoms with Gasteiger partial charge in [0.15, 0.2) is 0 Å². The smallest absolute Gasteiger partial charge is 0.274 e. The molecule has 6 heteroatoms. The zero-order valence-corrected chi connectivity index (χ0v) is 15.9. The van der Waals surface area contributed by atoms with Gasteiger partial charge in [0.2, 0.25) is 0 Å². The highest BCUT2D eigenvalue weighted by atomic mass is 16.2. The molecule has 3 heterocycles. The summed E-state index contributed by atoms with van der Waals surface area (Å²) in [5, 5.41) is 8.53. The second-order valence-corrected chi connectivity index (χ2v) is 7.21. The molecule has 0 atom stereocenters. The number of fused-ring (bicyclic) bond motifs is 1. The van der Waals surface area contributed by atoms with E-state index in [1.807, 2.05) is 30.0 Å². The van der Waals surface area contributed by atoms with Gasteiger partial charge in [0, 0.05) is 31.3 Å². The standard InChI is InChI=1S/C21H27N5O/c1-2-25(14-13-24-10-5-6-11-24)21(27)19-15-18(22-23-19)16-26-12-9-17-7-3-4-8-20(17)26/h3-4,7-9,12,15H,2,5-6,10-11,13-14,16H2,1H3,(H,22,23). The maximum atomic E-state index is 12.8. The third-order valence-electron chi connectivity index (χ3n) is 5.42. The first-order valence-electron chi connectivity index (χ1n) is 9.84. The predicted molar refractivity (Wildman–Crippen MR) is 107 cm³/mol. The van der Waals surface area contributed by atoms with Gasteiger partial charge in [-0.3, -0.25) is 9.89 Å². The summed E-state index contributed by atoms with van der Waals surface area (Å²) in [6.07, 6.45) is 4.62. The Kier molecular flexibility index (Phi) is 5.25. The minimum atomic E-state index is 0.0107. The second kappa shape index (κ2) is 7.96. The van der Waals surface area contributed by atoms with E-state index in [9.17, 15) is 4.79 Å². The van der Waals surface area contributed by atoms with Gasteiger partial charge in [-0.2, -0.15) is 5.10 Å². The lowest BCUT2D eigenvalue weighted by Crippen LogP contribution is -2.38. The van der Waals surface area contributed by atoms with Crippen molar-refractivity contribution in [3.05, 3.63) is 54.0 Å². The molecule has 0 radical (unpaired) electrons. The largest absolute Gasteiger partial charge is 0.341 e. The molecule has 0 saturated carbocycles. The van der Waals surface area contributed by atoms with E-state index in [2.05, 4.69) is 44.1 Å². The number of likely N-dealkylation sites (tertiary alicyclic amines) is 1. The molecule has 1 fully saturated rings. The van der Waals surface area contributed by atoms with Crippen molar-refractivity contribution in [1.29, 1.82) is 0 Å². The molecule has 2 aromatic heterocycles. The van der Waals surface area contributed by atoms with Crippen molar-refractivity contribution in [2.24, 2.45) is 0 Å². The Morgan fingerprint density at radius 3 is 2.85 bits per heavy atom. The average Bonchev–Trinajstić information content (AvgIpc) is 3.44. The van der Waals surface area contributed by atoms with Crippen molar-refractivity contribution in [3.8, 4) is 0 Å². The Labute approximate surface area is 159 Å². The number of H-pyrrole nitrogens is 1. The SMILES string of the molecule is CCN(CCN1CCCC1)C(=O)c1cc(Cn2ccc3ccccc32)[nH]n1. The lowest BCUT2D eigenvalue weighted by Gasteiger charge is -2.23. The van der Waals surface area contributed by atoms with E-state index in [0.29, 0.717) is 18.8 Å². The normalized spacial score (nSPS) is 14.9. The highest BCUT2D eigenvalue weighted by Gasteiger charge is 2.19. The first-order chi connectivity index (χ1) is 13.2. The molecule has 0 spiro atoms. The predicted octanol–water partition coefficient (Wildman–Crippen LogP) is 2.97. The summed E-state index contributed by atoms with van der Waals surface area (Å²) in [7, 11) is 0. The van der Waals surface area contributed by atoms with Gasteiger partial charge in [0.1, 0.15) is 5.69 Å². The Morgan fingerprint density at radius 2 is 2.04 bits per heavy atom. The molecule has 0 aliphatic carbocycles. The molecule has 27 heavy (non-hydrogen) atoms. The quantitative estimate of drug-likeness (QED) is 0.700. The van der Waals surface area contributed by atoms with Gasteiger partial charge in [0.05, 0.1) is 12.2 Å². The topological polar surface area (TPSA) is 57.2 Å². The maximum absolute atomic E-state index is 12.8. The molecule has 0 unspecified atom stereocenters. The van der Waals surface area contributed by atoms with Crippen molar-refractivity contribution >= 4 is 16.8 Å². The van der Waals surface area contributed by atoms with Crippen LogP contribution in [0.1, 0.15) is 35.9 Å². The van der Waals surface area contributed by atoms with Crippen LogP contribution in [0.2, 0.25) is 0 Å². The molecule has 1 amide bonds. The van der Waals surface area contributed by atoms with Gasteiger partial charge < -0.3 is 14.4 Å². The summed E-state index contributed by atoms with van der Waals surface area (Å²) in [5.41, 5.74) is 2.63. The van der Waals surface area contributed by atoms with E-state index in [0.717, 1.165) is 31.9 Å². The Hall–Kier alpha value is -2.60.